The van der Waals surface area contributed by atoms with Crippen molar-refractivity contribution in [2.24, 2.45) is 7.05 Å². The minimum Gasteiger partial charge on any atom is -0.465 e. The molecule has 9 heteroatoms. The molecule has 0 aliphatic heterocycles. The molecule has 0 bridgehead atoms. The van der Waals surface area contributed by atoms with Crippen LogP contribution in [-0.2, 0) is 23.1 Å². The van der Waals surface area contributed by atoms with Crippen molar-refractivity contribution in [3.8, 4) is 5.69 Å². The van der Waals surface area contributed by atoms with E-state index in [-0.39, 0.29) is 17.8 Å². The van der Waals surface area contributed by atoms with Gasteiger partial charge in [0.1, 0.15) is 6.54 Å². The number of imidazole rings is 2. The first-order valence-electron chi connectivity index (χ1n) is 10.1. The summed E-state index contributed by atoms with van der Waals surface area (Å²) in [5.41, 5.74) is 4.34. The third kappa shape index (κ3) is 2.99. The normalized spacial score (nSPS) is 11.5. The van der Waals surface area contributed by atoms with Crippen LogP contribution in [0.15, 0.2) is 27.8 Å². The number of hydrogen-bond acceptors (Lipinski definition) is 5. The molecule has 0 saturated carbocycles. The highest BCUT2D eigenvalue weighted by Crippen LogP contribution is 2.25. The van der Waals surface area contributed by atoms with Crippen molar-refractivity contribution in [2.75, 3.05) is 6.61 Å². The monoisotopic (exact) mass is 423 g/mol. The molecular formula is C22H25N5O4. The van der Waals surface area contributed by atoms with Crippen molar-refractivity contribution in [2.45, 2.75) is 41.2 Å². The van der Waals surface area contributed by atoms with E-state index in [1.807, 2.05) is 44.4 Å². The van der Waals surface area contributed by atoms with Crippen molar-refractivity contribution in [1.29, 1.82) is 0 Å². The van der Waals surface area contributed by atoms with Gasteiger partial charge in [0.2, 0.25) is 5.78 Å². The van der Waals surface area contributed by atoms with Gasteiger partial charge in [0, 0.05) is 24.1 Å². The summed E-state index contributed by atoms with van der Waals surface area (Å²) in [6.45, 7) is 9.35. The lowest BCUT2D eigenvalue weighted by Crippen LogP contribution is -2.41. The minimum atomic E-state index is -0.637. The number of nitrogens with zero attached hydrogens (tertiary/aromatic N) is 5. The van der Waals surface area contributed by atoms with E-state index in [2.05, 4.69) is 11.1 Å². The Labute approximate surface area is 178 Å². The van der Waals surface area contributed by atoms with E-state index in [4.69, 9.17) is 4.74 Å². The summed E-state index contributed by atoms with van der Waals surface area (Å²) in [5.74, 6) is -0.100. The van der Waals surface area contributed by atoms with Gasteiger partial charge in [-0.1, -0.05) is 6.07 Å². The Hall–Kier alpha value is -3.62. The smallest absolute Gasteiger partial charge is 0.333 e. The average Bonchev–Trinajstić information content (AvgIpc) is 3.22. The molecule has 0 fully saturated rings. The molecule has 0 aliphatic carbocycles. The third-order valence-electron chi connectivity index (χ3n) is 5.86. The number of ether oxygens (including phenoxy) is 1. The quantitative estimate of drug-likeness (QED) is 0.468. The predicted molar refractivity (Wildman–Crippen MR) is 117 cm³/mol. The second-order valence-electron chi connectivity index (χ2n) is 7.73. The fraction of sp³-hybridized carbons (Fsp3) is 0.364. The molecule has 3 heterocycles. The van der Waals surface area contributed by atoms with Crippen molar-refractivity contribution in [1.82, 2.24) is 23.1 Å². The summed E-state index contributed by atoms with van der Waals surface area (Å²) < 4.78 is 10.8. The van der Waals surface area contributed by atoms with Crippen LogP contribution >= 0.6 is 0 Å². The predicted octanol–water partition coefficient (Wildman–Crippen LogP) is 1.94. The van der Waals surface area contributed by atoms with Crippen molar-refractivity contribution >= 4 is 22.9 Å². The fourth-order valence-corrected chi connectivity index (χ4v) is 3.90. The summed E-state index contributed by atoms with van der Waals surface area (Å²) >= 11 is 0. The topological polar surface area (TPSA) is 92.5 Å². The molecule has 3 aromatic heterocycles. The SMILES string of the molecule is CCOC(=O)Cn1c(=O)c2c(nc3n(-c4ccc(C)c(C)c4)c(C)c(C)n23)n(C)c1=O. The van der Waals surface area contributed by atoms with Gasteiger partial charge in [-0.3, -0.25) is 23.1 Å². The lowest BCUT2D eigenvalue weighted by molar-refractivity contribution is -0.143. The van der Waals surface area contributed by atoms with Crippen LogP contribution in [0.4, 0.5) is 0 Å². The Morgan fingerprint density at radius 1 is 1.06 bits per heavy atom. The lowest BCUT2D eigenvalue weighted by atomic mass is 10.1. The molecule has 4 rings (SSSR count). The molecule has 0 amide bonds. The zero-order valence-electron chi connectivity index (χ0n) is 18.5. The Kier molecular flexibility index (Phi) is 4.83. The van der Waals surface area contributed by atoms with Gasteiger partial charge in [-0.2, -0.15) is 4.98 Å². The minimum absolute atomic E-state index is 0.171. The Bertz CT molecular complexity index is 1480. The number of rotatable bonds is 4. The van der Waals surface area contributed by atoms with E-state index in [9.17, 15) is 14.4 Å². The van der Waals surface area contributed by atoms with Gasteiger partial charge in [-0.05, 0) is 57.9 Å². The highest BCUT2D eigenvalue weighted by molar-refractivity contribution is 5.78. The number of carbonyl (C=O) groups is 1. The molecule has 162 valence electrons. The van der Waals surface area contributed by atoms with Gasteiger partial charge in [0.15, 0.2) is 11.2 Å². The van der Waals surface area contributed by atoms with Crippen LogP contribution in [0.25, 0.3) is 22.6 Å². The molecular weight excluding hydrogens is 398 g/mol. The van der Waals surface area contributed by atoms with Crippen LogP contribution in [0.5, 0.6) is 0 Å². The highest BCUT2D eigenvalue weighted by Gasteiger charge is 2.24. The van der Waals surface area contributed by atoms with Crippen molar-refractivity contribution in [3.63, 3.8) is 0 Å². The average molecular weight is 423 g/mol. The van der Waals surface area contributed by atoms with Crippen LogP contribution in [-0.4, -0.2) is 35.7 Å². The molecule has 4 aromatic rings. The maximum atomic E-state index is 13.3. The Balaban J connectivity index is 2.08. The fourth-order valence-electron chi connectivity index (χ4n) is 3.90. The summed E-state index contributed by atoms with van der Waals surface area (Å²) in [5, 5.41) is 0. The van der Waals surface area contributed by atoms with Crippen LogP contribution in [0.3, 0.4) is 0 Å². The van der Waals surface area contributed by atoms with Gasteiger partial charge < -0.3 is 4.74 Å². The van der Waals surface area contributed by atoms with Crippen LogP contribution in [0.2, 0.25) is 0 Å². The number of hydrogen-bond donors (Lipinski definition) is 0. The number of esters is 1. The summed E-state index contributed by atoms with van der Waals surface area (Å²) in [6, 6.07) is 6.12. The van der Waals surface area contributed by atoms with E-state index in [0.29, 0.717) is 5.78 Å². The van der Waals surface area contributed by atoms with Crippen LogP contribution < -0.4 is 11.2 Å². The van der Waals surface area contributed by atoms with Crippen molar-refractivity contribution < 1.29 is 9.53 Å². The molecule has 0 N–H and O–H groups in total. The largest absolute Gasteiger partial charge is 0.465 e. The van der Waals surface area contributed by atoms with E-state index < -0.39 is 23.8 Å². The molecule has 0 radical (unpaired) electrons. The Morgan fingerprint density at radius 3 is 2.42 bits per heavy atom. The maximum absolute atomic E-state index is 13.3. The maximum Gasteiger partial charge on any atom is 0.333 e. The number of benzene rings is 1. The number of carbonyl (C=O) groups excluding carboxylic acids is 1. The van der Waals surface area contributed by atoms with Gasteiger partial charge >= 0.3 is 11.7 Å². The summed E-state index contributed by atoms with van der Waals surface area (Å²) in [4.78, 5) is 42.7. The first-order chi connectivity index (χ1) is 14.7. The van der Waals surface area contributed by atoms with Gasteiger partial charge in [-0.25, -0.2) is 9.36 Å². The van der Waals surface area contributed by atoms with E-state index in [1.54, 1.807) is 18.4 Å². The second-order valence-corrected chi connectivity index (χ2v) is 7.73. The Morgan fingerprint density at radius 2 is 1.77 bits per heavy atom. The second kappa shape index (κ2) is 7.26. The molecule has 1 aromatic carbocycles. The number of fused-ring (bicyclic) bond motifs is 3. The zero-order valence-corrected chi connectivity index (χ0v) is 18.5. The van der Waals surface area contributed by atoms with Gasteiger partial charge in [0.25, 0.3) is 5.56 Å². The third-order valence-corrected chi connectivity index (χ3v) is 5.86. The molecule has 0 saturated heterocycles. The van der Waals surface area contributed by atoms with Gasteiger partial charge in [-0.15, -0.1) is 0 Å². The zero-order chi connectivity index (χ0) is 22.6. The van der Waals surface area contributed by atoms with Gasteiger partial charge in [0.05, 0.1) is 6.61 Å². The van der Waals surface area contributed by atoms with Crippen LogP contribution in [0, 0.1) is 27.7 Å². The van der Waals surface area contributed by atoms with E-state index in [1.165, 1.54) is 10.1 Å². The first kappa shape index (κ1) is 20.6. The van der Waals surface area contributed by atoms with Crippen LogP contribution in [0.1, 0.15) is 29.4 Å². The van der Waals surface area contributed by atoms with E-state index >= 15 is 0 Å². The summed E-state index contributed by atoms with van der Waals surface area (Å²) in [7, 11) is 1.54. The molecule has 31 heavy (non-hydrogen) atoms. The molecule has 0 aliphatic rings. The first-order valence-corrected chi connectivity index (χ1v) is 10.1. The number of aromatic nitrogens is 5. The lowest BCUT2D eigenvalue weighted by Gasteiger charge is -2.09. The van der Waals surface area contributed by atoms with Crippen molar-refractivity contribution in [3.05, 3.63) is 61.6 Å². The standard InChI is InChI=1S/C22H25N5O4/c1-7-31-17(28)11-25-20(29)18-19(24(6)22(25)30)23-21-26(14(4)15(5)27(18)21)16-9-8-12(2)13(3)10-16/h8-10H,7,11H2,1-6H3. The molecule has 9 nitrogen and oxygen atoms in total. The van der Waals surface area contributed by atoms with E-state index in [0.717, 1.165) is 27.2 Å². The molecule has 0 atom stereocenters. The summed E-state index contributed by atoms with van der Waals surface area (Å²) in [6.07, 6.45) is 0. The highest BCUT2D eigenvalue weighted by atomic mass is 16.5. The molecule has 0 unspecified atom stereocenters. The molecule has 0 spiro atoms. The number of aryl methyl sites for hydroxylation is 4.